The molecule has 0 fully saturated rings. The molecule has 1 aromatic rings. The van der Waals surface area contributed by atoms with E-state index in [4.69, 9.17) is 0 Å². The van der Waals surface area contributed by atoms with Crippen LogP contribution in [0.15, 0.2) is 12.4 Å². The molecule has 0 aliphatic carbocycles. The third-order valence-electron chi connectivity index (χ3n) is 1.63. The van der Waals surface area contributed by atoms with Gasteiger partial charge in [0.15, 0.2) is 0 Å². The first-order valence-electron chi connectivity index (χ1n) is 4.63. The van der Waals surface area contributed by atoms with Gasteiger partial charge in [-0.1, -0.05) is 0 Å². The van der Waals surface area contributed by atoms with Crippen LogP contribution in [0.2, 0.25) is 0 Å². The summed E-state index contributed by atoms with van der Waals surface area (Å²) in [4.78, 5) is 19.0. The SMILES string of the molecule is CCNc1cncc(NCC(=O)OC)n1. The zero-order chi connectivity index (χ0) is 11.1. The van der Waals surface area contributed by atoms with Gasteiger partial charge in [0, 0.05) is 6.54 Å². The molecule has 0 atom stereocenters. The van der Waals surface area contributed by atoms with Crippen LogP contribution in [-0.2, 0) is 9.53 Å². The second-order valence-electron chi connectivity index (χ2n) is 2.75. The number of hydrogen-bond donors (Lipinski definition) is 2. The number of hydrogen-bond acceptors (Lipinski definition) is 6. The van der Waals surface area contributed by atoms with Crippen molar-refractivity contribution in [2.24, 2.45) is 0 Å². The van der Waals surface area contributed by atoms with E-state index in [2.05, 4.69) is 25.3 Å². The molecule has 0 spiro atoms. The van der Waals surface area contributed by atoms with Gasteiger partial charge >= 0.3 is 5.97 Å². The molecule has 6 nitrogen and oxygen atoms in total. The van der Waals surface area contributed by atoms with E-state index in [1.165, 1.54) is 7.11 Å². The summed E-state index contributed by atoms with van der Waals surface area (Å²) in [6.45, 7) is 2.83. The van der Waals surface area contributed by atoms with Crippen LogP contribution < -0.4 is 10.6 Å². The molecule has 2 N–H and O–H groups in total. The summed E-state index contributed by atoms with van der Waals surface area (Å²) in [6, 6.07) is 0. The summed E-state index contributed by atoms with van der Waals surface area (Å²) >= 11 is 0. The first kappa shape index (κ1) is 11.2. The van der Waals surface area contributed by atoms with Crippen LogP contribution in [0.4, 0.5) is 11.6 Å². The number of nitrogens with one attached hydrogen (secondary N) is 2. The number of anilines is 2. The molecular formula is C9H14N4O2. The molecule has 1 heterocycles. The second kappa shape index (κ2) is 5.79. The fourth-order valence-corrected chi connectivity index (χ4v) is 0.952. The smallest absolute Gasteiger partial charge is 0.325 e. The highest BCUT2D eigenvalue weighted by atomic mass is 16.5. The molecular weight excluding hydrogens is 196 g/mol. The molecule has 0 saturated heterocycles. The van der Waals surface area contributed by atoms with Crippen LogP contribution in [0.25, 0.3) is 0 Å². The third-order valence-corrected chi connectivity index (χ3v) is 1.63. The average Bonchev–Trinajstić information content (AvgIpc) is 2.27. The van der Waals surface area contributed by atoms with Gasteiger partial charge in [-0.15, -0.1) is 0 Å². The van der Waals surface area contributed by atoms with Crippen molar-refractivity contribution in [2.75, 3.05) is 30.8 Å². The van der Waals surface area contributed by atoms with Crippen molar-refractivity contribution in [3.8, 4) is 0 Å². The number of methoxy groups -OCH3 is 1. The fourth-order valence-electron chi connectivity index (χ4n) is 0.952. The number of nitrogens with zero attached hydrogens (tertiary/aromatic N) is 2. The Balaban J connectivity index is 2.53. The minimum atomic E-state index is -0.342. The Morgan fingerprint density at radius 2 is 2.07 bits per heavy atom. The van der Waals surface area contributed by atoms with E-state index in [1.54, 1.807) is 12.4 Å². The Bertz CT molecular complexity index is 330. The quantitative estimate of drug-likeness (QED) is 0.689. The van der Waals surface area contributed by atoms with Crippen LogP contribution in [-0.4, -0.2) is 36.1 Å². The van der Waals surface area contributed by atoms with Crippen molar-refractivity contribution in [3.63, 3.8) is 0 Å². The molecule has 0 amide bonds. The number of ether oxygens (including phenoxy) is 1. The summed E-state index contributed by atoms with van der Waals surface area (Å²) < 4.78 is 4.48. The monoisotopic (exact) mass is 210 g/mol. The number of carbonyl (C=O) groups excluding carboxylic acids is 1. The third kappa shape index (κ3) is 3.80. The number of aromatic nitrogens is 2. The number of rotatable bonds is 5. The Morgan fingerprint density at radius 1 is 1.40 bits per heavy atom. The Kier molecular flexibility index (Phi) is 4.33. The van der Waals surface area contributed by atoms with Gasteiger partial charge in [0.1, 0.15) is 18.2 Å². The van der Waals surface area contributed by atoms with Gasteiger partial charge in [-0.2, -0.15) is 0 Å². The van der Waals surface area contributed by atoms with Crippen molar-refractivity contribution in [1.29, 1.82) is 0 Å². The van der Waals surface area contributed by atoms with Crippen molar-refractivity contribution in [2.45, 2.75) is 6.92 Å². The molecule has 0 bridgehead atoms. The topological polar surface area (TPSA) is 76.1 Å². The fraction of sp³-hybridized carbons (Fsp3) is 0.444. The van der Waals surface area contributed by atoms with Gasteiger partial charge in [0.05, 0.1) is 19.5 Å². The summed E-state index contributed by atoms with van der Waals surface area (Å²) in [5.74, 6) is 0.872. The maximum Gasteiger partial charge on any atom is 0.325 e. The van der Waals surface area contributed by atoms with Gasteiger partial charge < -0.3 is 15.4 Å². The second-order valence-corrected chi connectivity index (χ2v) is 2.75. The molecule has 82 valence electrons. The molecule has 15 heavy (non-hydrogen) atoms. The van der Waals surface area contributed by atoms with Gasteiger partial charge in [-0.3, -0.25) is 9.78 Å². The summed E-state index contributed by atoms with van der Waals surface area (Å²) in [6.07, 6.45) is 3.16. The zero-order valence-corrected chi connectivity index (χ0v) is 8.78. The van der Waals surface area contributed by atoms with Crippen LogP contribution in [0.3, 0.4) is 0 Å². The predicted molar refractivity (Wildman–Crippen MR) is 56.7 cm³/mol. The van der Waals surface area contributed by atoms with E-state index in [0.717, 1.165) is 6.54 Å². The van der Waals surface area contributed by atoms with E-state index >= 15 is 0 Å². The highest BCUT2D eigenvalue weighted by Crippen LogP contribution is 2.05. The number of carbonyl (C=O) groups is 1. The lowest BCUT2D eigenvalue weighted by Crippen LogP contribution is -2.16. The lowest BCUT2D eigenvalue weighted by Gasteiger charge is -2.06. The highest BCUT2D eigenvalue weighted by molar-refractivity contribution is 5.74. The lowest BCUT2D eigenvalue weighted by atomic mass is 10.5. The standard InChI is InChI=1S/C9H14N4O2/c1-3-11-7-4-10-5-8(13-7)12-6-9(14)15-2/h4-5H,3,6H2,1-2H3,(H2,11,12,13). The minimum absolute atomic E-state index is 0.0841. The minimum Gasteiger partial charge on any atom is -0.468 e. The van der Waals surface area contributed by atoms with Crippen molar-refractivity contribution in [1.82, 2.24) is 9.97 Å². The van der Waals surface area contributed by atoms with Crippen molar-refractivity contribution < 1.29 is 9.53 Å². The Hall–Kier alpha value is -1.85. The van der Waals surface area contributed by atoms with Gasteiger partial charge in [-0.05, 0) is 6.92 Å². The largest absolute Gasteiger partial charge is 0.468 e. The summed E-state index contributed by atoms with van der Waals surface area (Å²) in [5.41, 5.74) is 0. The van der Waals surface area contributed by atoms with E-state index in [-0.39, 0.29) is 12.5 Å². The van der Waals surface area contributed by atoms with Crippen LogP contribution in [0.5, 0.6) is 0 Å². The average molecular weight is 210 g/mol. The van der Waals surface area contributed by atoms with Crippen molar-refractivity contribution in [3.05, 3.63) is 12.4 Å². The van der Waals surface area contributed by atoms with Crippen LogP contribution in [0.1, 0.15) is 6.92 Å². The van der Waals surface area contributed by atoms with E-state index < -0.39 is 0 Å². The summed E-state index contributed by atoms with van der Waals surface area (Å²) in [5, 5.41) is 5.83. The molecule has 0 aromatic carbocycles. The maximum absolute atomic E-state index is 10.8. The van der Waals surface area contributed by atoms with Crippen LogP contribution in [0, 0.1) is 0 Å². The Morgan fingerprint density at radius 3 is 2.67 bits per heavy atom. The molecule has 1 rings (SSSR count). The van der Waals surface area contributed by atoms with Gasteiger partial charge in [-0.25, -0.2) is 4.98 Å². The van der Waals surface area contributed by atoms with E-state index in [1.807, 2.05) is 6.92 Å². The van der Waals surface area contributed by atoms with Gasteiger partial charge in [0.25, 0.3) is 0 Å². The van der Waals surface area contributed by atoms with E-state index in [9.17, 15) is 4.79 Å². The summed E-state index contributed by atoms with van der Waals surface area (Å²) in [7, 11) is 1.34. The normalized spacial score (nSPS) is 9.47. The first-order valence-corrected chi connectivity index (χ1v) is 4.63. The first-order chi connectivity index (χ1) is 7.26. The van der Waals surface area contributed by atoms with Crippen LogP contribution >= 0.6 is 0 Å². The maximum atomic E-state index is 10.8. The highest BCUT2D eigenvalue weighted by Gasteiger charge is 2.01. The molecule has 1 aromatic heterocycles. The molecule has 0 aliphatic heterocycles. The molecule has 0 unspecified atom stereocenters. The molecule has 6 heteroatoms. The Labute approximate surface area is 88.1 Å². The van der Waals surface area contributed by atoms with E-state index in [0.29, 0.717) is 11.6 Å². The van der Waals surface area contributed by atoms with Gasteiger partial charge in [0.2, 0.25) is 0 Å². The number of esters is 1. The molecule has 0 saturated carbocycles. The lowest BCUT2D eigenvalue weighted by molar-refractivity contribution is -0.138. The van der Waals surface area contributed by atoms with Crippen molar-refractivity contribution >= 4 is 17.6 Å². The predicted octanol–water partition coefficient (Wildman–Crippen LogP) is 0.493. The zero-order valence-electron chi connectivity index (χ0n) is 8.78. The molecule has 0 radical (unpaired) electrons. The molecule has 0 aliphatic rings.